The number of imidazole rings is 1. The first-order valence-electron chi connectivity index (χ1n) is 8.45. The van der Waals surface area contributed by atoms with Crippen LogP contribution in [0.4, 0.5) is 5.69 Å². The molecule has 0 radical (unpaired) electrons. The van der Waals surface area contributed by atoms with E-state index in [0.29, 0.717) is 23.6 Å². The molecule has 0 aliphatic rings. The lowest BCUT2D eigenvalue weighted by Gasteiger charge is -2.07. The van der Waals surface area contributed by atoms with Gasteiger partial charge in [-0.25, -0.2) is 4.98 Å². The van der Waals surface area contributed by atoms with Crippen molar-refractivity contribution >= 4 is 22.6 Å². The van der Waals surface area contributed by atoms with Gasteiger partial charge in [0.1, 0.15) is 11.6 Å². The molecule has 8 heteroatoms. The Morgan fingerprint density at radius 2 is 2.07 bits per heavy atom. The number of phenols is 1. The van der Waals surface area contributed by atoms with Crippen molar-refractivity contribution in [3.05, 3.63) is 54.2 Å². The summed E-state index contributed by atoms with van der Waals surface area (Å²) in [5.74, 6) is 1.19. The molecule has 2 aromatic heterocycles. The monoisotopic (exact) mass is 363 g/mol. The molecule has 0 atom stereocenters. The fourth-order valence-corrected chi connectivity index (χ4v) is 2.77. The standard InChI is InChI=1S/C19H17N5O3/c1-11-23-24-19(27-11)13-10-12(6-7-16(13)25)20-18(26)9-8-17-21-14-4-2-3-5-15(14)22-17/h2-7,10,25H,8-9H2,1H3,(H,20,26)(H,21,22). The number of carbonyl (C=O) groups excluding carboxylic acids is 1. The highest BCUT2D eigenvalue weighted by Crippen LogP contribution is 2.30. The number of benzene rings is 2. The number of aromatic amines is 1. The van der Waals surface area contributed by atoms with Crippen LogP contribution in [0.15, 0.2) is 46.9 Å². The van der Waals surface area contributed by atoms with Crippen LogP contribution in [0.5, 0.6) is 5.75 Å². The van der Waals surface area contributed by atoms with E-state index >= 15 is 0 Å². The average Bonchev–Trinajstić information content (AvgIpc) is 3.27. The van der Waals surface area contributed by atoms with Gasteiger partial charge in [0.15, 0.2) is 0 Å². The number of H-pyrrole nitrogens is 1. The summed E-state index contributed by atoms with van der Waals surface area (Å²) >= 11 is 0. The van der Waals surface area contributed by atoms with Crippen molar-refractivity contribution in [2.75, 3.05) is 5.32 Å². The highest BCUT2D eigenvalue weighted by molar-refractivity contribution is 5.91. The van der Waals surface area contributed by atoms with Gasteiger partial charge in [0.2, 0.25) is 11.8 Å². The molecule has 27 heavy (non-hydrogen) atoms. The van der Waals surface area contributed by atoms with Crippen molar-refractivity contribution in [1.29, 1.82) is 0 Å². The van der Waals surface area contributed by atoms with Crippen molar-refractivity contribution < 1.29 is 14.3 Å². The zero-order valence-corrected chi connectivity index (χ0v) is 14.6. The van der Waals surface area contributed by atoms with E-state index in [4.69, 9.17) is 4.42 Å². The molecule has 0 aliphatic heterocycles. The first-order chi connectivity index (χ1) is 13.1. The van der Waals surface area contributed by atoms with Crippen molar-refractivity contribution in [2.45, 2.75) is 19.8 Å². The summed E-state index contributed by atoms with van der Waals surface area (Å²) in [6, 6.07) is 12.4. The summed E-state index contributed by atoms with van der Waals surface area (Å²) < 4.78 is 5.34. The number of phenolic OH excluding ortho intramolecular Hbond substituents is 1. The second-order valence-electron chi connectivity index (χ2n) is 6.11. The normalized spacial score (nSPS) is 11.0. The van der Waals surface area contributed by atoms with Crippen molar-refractivity contribution in [1.82, 2.24) is 20.2 Å². The maximum Gasteiger partial charge on any atom is 0.251 e. The van der Waals surface area contributed by atoms with E-state index < -0.39 is 0 Å². The number of anilines is 1. The Kier molecular flexibility index (Phi) is 4.29. The van der Waals surface area contributed by atoms with E-state index in [0.717, 1.165) is 16.9 Å². The minimum atomic E-state index is -0.159. The molecule has 4 rings (SSSR count). The number of nitrogens with one attached hydrogen (secondary N) is 2. The van der Waals surface area contributed by atoms with Crippen LogP contribution in [0.1, 0.15) is 18.1 Å². The van der Waals surface area contributed by atoms with Crippen LogP contribution >= 0.6 is 0 Å². The van der Waals surface area contributed by atoms with Crippen LogP contribution in [-0.2, 0) is 11.2 Å². The van der Waals surface area contributed by atoms with Gasteiger partial charge in [-0.1, -0.05) is 12.1 Å². The molecule has 136 valence electrons. The average molecular weight is 363 g/mol. The zero-order valence-electron chi connectivity index (χ0n) is 14.6. The molecule has 2 aromatic carbocycles. The molecule has 0 aliphatic carbocycles. The van der Waals surface area contributed by atoms with E-state index in [1.807, 2.05) is 24.3 Å². The topological polar surface area (TPSA) is 117 Å². The van der Waals surface area contributed by atoms with Crippen LogP contribution in [0, 0.1) is 6.92 Å². The SMILES string of the molecule is Cc1nnc(-c2cc(NC(=O)CCc3nc4ccccc4[nH]3)ccc2O)o1. The molecule has 0 unspecified atom stereocenters. The highest BCUT2D eigenvalue weighted by atomic mass is 16.4. The lowest BCUT2D eigenvalue weighted by molar-refractivity contribution is -0.116. The van der Waals surface area contributed by atoms with E-state index in [1.54, 1.807) is 19.1 Å². The van der Waals surface area contributed by atoms with Gasteiger partial charge in [-0.15, -0.1) is 10.2 Å². The molecule has 8 nitrogen and oxygen atoms in total. The number of rotatable bonds is 5. The molecule has 0 spiro atoms. The minimum absolute atomic E-state index is 0.000996. The molecular weight excluding hydrogens is 346 g/mol. The first kappa shape index (κ1) is 16.8. The third-order valence-electron chi connectivity index (χ3n) is 4.06. The number of fused-ring (bicyclic) bond motifs is 1. The number of carbonyl (C=O) groups is 1. The first-order valence-corrected chi connectivity index (χ1v) is 8.45. The third kappa shape index (κ3) is 3.64. The van der Waals surface area contributed by atoms with Crippen molar-refractivity contribution in [3.63, 3.8) is 0 Å². The Labute approximate surface area is 154 Å². The Morgan fingerprint density at radius 3 is 2.85 bits per heavy atom. The molecule has 0 fully saturated rings. The summed E-state index contributed by atoms with van der Waals surface area (Å²) in [5, 5.41) is 20.5. The molecule has 1 amide bonds. The molecule has 0 bridgehead atoms. The molecule has 4 aromatic rings. The van der Waals surface area contributed by atoms with E-state index in [-0.39, 0.29) is 24.0 Å². The van der Waals surface area contributed by atoms with Gasteiger partial charge in [0, 0.05) is 25.5 Å². The van der Waals surface area contributed by atoms with Gasteiger partial charge in [-0.2, -0.15) is 0 Å². The summed E-state index contributed by atoms with van der Waals surface area (Å²) in [4.78, 5) is 19.9. The number of aromatic hydroxyl groups is 1. The van der Waals surface area contributed by atoms with Gasteiger partial charge >= 0.3 is 0 Å². The Morgan fingerprint density at radius 1 is 1.22 bits per heavy atom. The maximum absolute atomic E-state index is 12.3. The van der Waals surface area contributed by atoms with Gasteiger partial charge in [-0.05, 0) is 30.3 Å². The number of aromatic nitrogens is 4. The fourth-order valence-electron chi connectivity index (χ4n) is 2.77. The summed E-state index contributed by atoms with van der Waals surface area (Å²) in [5.41, 5.74) is 2.73. The van der Waals surface area contributed by atoms with E-state index in [1.165, 1.54) is 6.07 Å². The second-order valence-corrected chi connectivity index (χ2v) is 6.11. The largest absolute Gasteiger partial charge is 0.507 e. The lowest BCUT2D eigenvalue weighted by Crippen LogP contribution is -2.12. The van der Waals surface area contributed by atoms with Crippen LogP contribution in [0.2, 0.25) is 0 Å². The predicted molar refractivity (Wildman–Crippen MR) is 99.2 cm³/mol. The van der Waals surface area contributed by atoms with Crippen molar-refractivity contribution in [2.24, 2.45) is 0 Å². The molecule has 2 heterocycles. The Hall–Kier alpha value is -3.68. The smallest absolute Gasteiger partial charge is 0.251 e. The van der Waals surface area contributed by atoms with Gasteiger partial charge in [-0.3, -0.25) is 4.79 Å². The van der Waals surface area contributed by atoms with Gasteiger partial charge in [0.05, 0.1) is 16.6 Å². The Bertz CT molecular complexity index is 1080. The minimum Gasteiger partial charge on any atom is -0.507 e. The number of hydrogen-bond acceptors (Lipinski definition) is 6. The zero-order chi connectivity index (χ0) is 18.8. The van der Waals surface area contributed by atoms with Crippen LogP contribution in [0.25, 0.3) is 22.5 Å². The summed E-state index contributed by atoms with van der Waals surface area (Å²) in [6.45, 7) is 1.66. The van der Waals surface area contributed by atoms with Crippen molar-refractivity contribution in [3.8, 4) is 17.2 Å². The number of nitrogens with zero attached hydrogens (tertiary/aromatic N) is 3. The fraction of sp³-hybridized carbons (Fsp3) is 0.158. The Balaban J connectivity index is 1.43. The van der Waals surface area contributed by atoms with Crippen LogP contribution < -0.4 is 5.32 Å². The van der Waals surface area contributed by atoms with Crippen LogP contribution in [0.3, 0.4) is 0 Å². The number of aryl methyl sites for hydroxylation is 2. The van der Waals surface area contributed by atoms with Gasteiger partial charge < -0.3 is 19.8 Å². The summed E-state index contributed by atoms with van der Waals surface area (Å²) in [6.07, 6.45) is 0.768. The number of amides is 1. The number of hydrogen-bond donors (Lipinski definition) is 3. The predicted octanol–water partition coefficient (Wildman–Crippen LogP) is 3.20. The van der Waals surface area contributed by atoms with E-state index in [9.17, 15) is 9.90 Å². The van der Waals surface area contributed by atoms with E-state index in [2.05, 4.69) is 25.5 Å². The second kappa shape index (κ2) is 6.91. The quantitative estimate of drug-likeness (QED) is 0.469. The summed E-state index contributed by atoms with van der Waals surface area (Å²) in [7, 11) is 0. The molecule has 0 saturated carbocycles. The lowest BCUT2D eigenvalue weighted by atomic mass is 10.1. The van der Waals surface area contributed by atoms with Gasteiger partial charge in [0.25, 0.3) is 5.89 Å². The molecular formula is C19H17N5O3. The number of para-hydroxylation sites is 2. The molecule has 3 N–H and O–H groups in total. The highest BCUT2D eigenvalue weighted by Gasteiger charge is 2.13. The third-order valence-corrected chi connectivity index (χ3v) is 4.06. The van der Waals surface area contributed by atoms with Crippen LogP contribution in [-0.4, -0.2) is 31.2 Å². The maximum atomic E-state index is 12.3. The molecule has 0 saturated heterocycles.